The lowest BCUT2D eigenvalue weighted by molar-refractivity contribution is 0.392. The van der Waals surface area contributed by atoms with Crippen LogP contribution in [0.3, 0.4) is 0 Å². The van der Waals surface area contributed by atoms with Crippen LogP contribution in [0, 0.1) is 25.2 Å². The van der Waals surface area contributed by atoms with Gasteiger partial charge in [0.25, 0.3) is 10.0 Å². The van der Waals surface area contributed by atoms with Crippen molar-refractivity contribution in [2.24, 2.45) is 0 Å². The molecule has 33 heavy (non-hydrogen) atoms. The standard InChI is InChI=1S/C23H21N5O4S/c1-14-6-5-7-18-15(2)10-21(26-22(14)18)28-23(16(12-24)13-25-28)27-33(29,30)20-11-17(31-3)8-9-19(20)32-4/h5-11,13,27H,1-4H3. The van der Waals surface area contributed by atoms with Gasteiger partial charge in [0.15, 0.2) is 11.6 Å². The predicted molar refractivity (Wildman–Crippen MR) is 123 cm³/mol. The largest absolute Gasteiger partial charge is 0.497 e. The Balaban J connectivity index is 1.87. The number of fused-ring (bicyclic) bond motifs is 1. The third kappa shape index (κ3) is 3.94. The number of hydrogen-bond donors (Lipinski definition) is 1. The molecular formula is C23H21N5O4S. The zero-order valence-corrected chi connectivity index (χ0v) is 19.3. The van der Waals surface area contributed by atoms with Crippen molar-refractivity contribution >= 4 is 26.7 Å². The molecule has 0 aliphatic rings. The summed E-state index contributed by atoms with van der Waals surface area (Å²) in [6.07, 6.45) is 1.29. The predicted octanol–water partition coefficient (Wildman–Crippen LogP) is 3.73. The normalized spacial score (nSPS) is 11.2. The number of pyridine rings is 1. The number of rotatable bonds is 6. The van der Waals surface area contributed by atoms with E-state index in [0.29, 0.717) is 11.6 Å². The van der Waals surface area contributed by atoms with Crippen LogP contribution in [-0.4, -0.2) is 37.4 Å². The second-order valence-electron chi connectivity index (χ2n) is 7.32. The first-order chi connectivity index (χ1) is 15.8. The molecule has 0 saturated carbocycles. The van der Waals surface area contributed by atoms with Crippen molar-refractivity contribution in [2.75, 3.05) is 18.9 Å². The van der Waals surface area contributed by atoms with Gasteiger partial charge >= 0.3 is 0 Å². The number of benzene rings is 2. The molecule has 0 bridgehead atoms. The first-order valence-corrected chi connectivity index (χ1v) is 11.4. The van der Waals surface area contributed by atoms with E-state index in [1.54, 1.807) is 12.1 Å². The third-order valence-corrected chi connectivity index (χ3v) is 6.59. The van der Waals surface area contributed by atoms with E-state index >= 15 is 0 Å². The minimum atomic E-state index is -4.18. The van der Waals surface area contributed by atoms with E-state index < -0.39 is 10.0 Å². The van der Waals surface area contributed by atoms with E-state index in [1.807, 2.05) is 38.1 Å². The van der Waals surface area contributed by atoms with Gasteiger partial charge in [-0.15, -0.1) is 0 Å². The van der Waals surface area contributed by atoms with E-state index in [9.17, 15) is 13.7 Å². The Morgan fingerprint density at radius 1 is 1.06 bits per heavy atom. The van der Waals surface area contributed by atoms with Crippen LogP contribution in [0.1, 0.15) is 16.7 Å². The Morgan fingerprint density at radius 3 is 2.55 bits per heavy atom. The summed E-state index contributed by atoms with van der Waals surface area (Å²) < 4.78 is 40.8. The van der Waals surface area contributed by atoms with Crippen LogP contribution in [0.2, 0.25) is 0 Å². The number of nitrogens with zero attached hydrogens (tertiary/aromatic N) is 4. The SMILES string of the molecule is COc1ccc(OC)c(S(=O)(=O)Nc2c(C#N)cnn2-c2cc(C)c3cccc(C)c3n2)c1. The summed E-state index contributed by atoms with van der Waals surface area (Å²) in [5.74, 6) is 0.823. The summed E-state index contributed by atoms with van der Waals surface area (Å²) >= 11 is 0. The fourth-order valence-corrected chi connectivity index (χ4v) is 4.78. The van der Waals surface area contributed by atoms with E-state index in [0.717, 1.165) is 22.0 Å². The van der Waals surface area contributed by atoms with Crippen molar-refractivity contribution in [3.63, 3.8) is 0 Å². The van der Waals surface area contributed by atoms with Crippen LogP contribution >= 0.6 is 0 Å². The van der Waals surface area contributed by atoms with E-state index in [1.165, 1.54) is 37.2 Å². The van der Waals surface area contributed by atoms with E-state index in [4.69, 9.17) is 9.47 Å². The summed E-state index contributed by atoms with van der Waals surface area (Å²) in [6, 6.07) is 14.1. The van der Waals surface area contributed by atoms with Gasteiger partial charge in [-0.25, -0.2) is 13.4 Å². The van der Waals surface area contributed by atoms with Gasteiger partial charge in [-0.1, -0.05) is 18.2 Å². The molecule has 0 aliphatic heterocycles. The van der Waals surface area contributed by atoms with E-state index in [2.05, 4.69) is 14.8 Å². The molecule has 2 aromatic carbocycles. The Hall–Kier alpha value is -4.10. The number of ether oxygens (including phenoxy) is 2. The molecule has 0 radical (unpaired) electrons. The molecule has 10 heteroatoms. The summed E-state index contributed by atoms with van der Waals surface area (Å²) in [7, 11) is -1.37. The Bertz CT molecular complexity index is 1520. The van der Waals surface area contributed by atoms with Crippen LogP contribution in [0.4, 0.5) is 5.82 Å². The van der Waals surface area contributed by atoms with Gasteiger partial charge in [-0.2, -0.15) is 15.0 Å². The highest BCUT2D eigenvalue weighted by Gasteiger charge is 2.25. The molecule has 0 atom stereocenters. The average Bonchev–Trinajstić information content (AvgIpc) is 3.21. The number of aromatic nitrogens is 3. The molecule has 2 heterocycles. The maximum absolute atomic E-state index is 13.3. The molecule has 0 unspecified atom stereocenters. The lowest BCUT2D eigenvalue weighted by Gasteiger charge is -2.15. The number of aryl methyl sites for hydroxylation is 2. The molecule has 0 fully saturated rings. The lowest BCUT2D eigenvalue weighted by Crippen LogP contribution is -2.18. The van der Waals surface area contributed by atoms with Crippen molar-refractivity contribution in [1.29, 1.82) is 5.26 Å². The first-order valence-electron chi connectivity index (χ1n) is 9.89. The van der Waals surface area contributed by atoms with Gasteiger partial charge in [0.2, 0.25) is 0 Å². The van der Waals surface area contributed by atoms with Gasteiger partial charge in [-0.3, -0.25) is 4.72 Å². The van der Waals surface area contributed by atoms with Gasteiger partial charge < -0.3 is 9.47 Å². The zero-order valence-electron chi connectivity index (χ0n) is 18.4. The average molecular weight is 464 g/mol. The molecular weight excluding hydrogens is 442 g/mol. The smallest absolute Gasteiger partial charge is 0.266 e. The van der Waals surface area contributed by atoms with Crippen molar-refractivity contribution in [1.82, 2.24) is 14.8 Å². The zero-order chi connectivity index (χ0) is 23.8. The molecule has 0 amide bonds. The van der Waals surface area contributed by atoms with Gasteiger partial charge in [0.1, 0.15) is 28.0 Å². The quantitative estimate of drug-likeness (QED) is 0.463. The van der Waals surface area contributed by atoms with Gasteiger partial charge in [0, 0.05) is 11.5 Å². The lowest BCUT2D eigenvalue weighted by atomic mass is 10.1. The van der Waals surface area contributed by atoms with Crippen LogP contribution < -0.4 is 14.2 Å². The molecule has 4 aromatic rings. The number of anilines is 1. The van der Waals surface area contributed by atoms with Crippen molar-refractivity contribution in [3.05, 3.63) is 65.4 Å². The van der Waals surface area contributed by atoms with Crippen LogP contribution in [0.5, 0.6) is 11.5 Å². The Labute approximate surface area is 191 Å². The number of sulfonamides is 1. The molecule has 2 aromatic heterocycles. The monoisotopic (exact) mass is 463 g/mol. The van der Waals surface area contributed by atoms with Crippen LogP contribution in [-0.2, 0) is 10.0 Å². The number of nitriles is 1. The van der Waals surface area contributed by atoms with Crippen LogP contribution in [0.25, 0.3) is 16.7 Å². The molecule has 168 valence electrons. The fourth-order valence-electron chi connectivity index (χ4n) is 3.53. The number of para-hydroxylation sites is 1. The number of nitrogens with one attached hydrogen (secondary N) is 1. The Morgan fingerprint density at radius 2 is 1.85 bits per heavy atom. The first kappa shape index (κ1) is 22.1. The molecule has 0 saturated heterocycles. The molecule has 4 rings (SSSR count). The number of hydrogen-bond acceptors (Lipinski definition) is 7. The van der Waals surface area contributed by atoms with Crippen molar-refractivity contribution < 1.29 is 17.9 Å². The third-order valence-electron chi connectivity index (χ3n) is 5.23. The molecule has 0 spiro atoms. The highest BCUT2D eigenvalue weighted by atomic mass is 32.2. The maximum Gasteiger partial charge on any atom is 0.266 e. The summed E-state index contributed by atoms with van der Waals surface area (Å²) in [6.45, 7) is 3.88. The highest BCUT2D eigenvalue weighted by molar-refractivity contribution is 7.92. The highest BCUT2D eigenvalue weighted by Crippen LogP contribution is 2.31. The molecule has 0 aliphatic carbocycles. The molecule has 9 nitrogen and oxygen atoms in total. The summed E-state index contributed by atoms with van der Waals surface area (Å²) in [5, 5.41) is 14.8. The second-order valence-corrected chi connectivity index (χ2v) is 8.97. The fraction of sp³-hybridized carbons (Fsp3) is 0.174. The maximum atomic E-state index is 13.3. The van der Waals surface area contributed by atoms with Crippen molar-refractivity contribution in [2.45, 2.75) is 18.7 Å². The minimum Gasteiger partial charge on any atom is -0.497 e. The second kappa shape index (κ2) is 8.44. The topological polar surface area (TPSA) is 119 Å². The van der Waals surface area contributed by atoms with Crippen LogP contribution in [0.15, 0.2) is 53.6 Å². The molecule has 1 N–H and O–H groups in total. The van der Waals surface area contributed by atoms with E-state index in [-0.39, 0.29) is 22.0 Å². The Kier molecular flexibility index (Phi) is 5.66. The number of methoxy groups -OCH3 is 2. The summed E-state index contributed by atoms with van der Waals surface area (Å²) in [4.78, 5) is 4.55. The van der Waals surface area contributed by atoms with Gasteiger partial charge in [-0.05, 0) is 43.2 Å². The summed E-state index contributed by atoms with van der Waals surface area (Å²) in [5.41, 5.74) is 2.72. The minimum absolute atomic E-state index is 0.0257. The van der Waals surface area contributed by atoms with Crippen molar-refractivity contribution in [3.8, 4) is 23.4 Å². The van der Waals surface area contributed by atoms with Gasteiger partial charge in [0.05, 0.1) is 25.9 Å².